The van der Waals surface area contributed by atoms with Crippen LogP contribution in [0.5, 0.6) is 0 Å². The van der Waals surface area contributed by atoms with Crippen LogP contribution in [0.2, 0.25) is 0 Å². The van der Waals surface area contributed by atoms with Crippen LogP contribution in [-0.2, 0) is 16.2 Å². The monoisotopic (exact) mass is 560 g/mol. The first-order valence-electron chi connectivity index (χ1n) is 13.3. The number of nitrogens with one attached hydrogen (secondary N) is 2. The quantitative estimate of drug-likeness (QED) is 0.238. The Kier molecular flexibility index (Phi) is 10.0. The maximum absolute atomic E-state index is 14.1. The third-order valence-electron chi connectivity index (χ3n) is 7.33. The van der Waals surface area contributed by atoms with Crippen LogP contribution in [0.1, 0.15) is 59.5 Å². The average Bonchev–Trinajstić information content (AvgIpc) is 2.94. The molecule has 208 valence electrons. The molecule has 1 aliphatic heterocycles. The van der Waals surface area contributed by atoms with Crippen molar-refractivity contribution in [2.24, 2.45) is 5.73 Å². The van der Waals surface area contributed by atoms with Crippen molar-refractivity contribution in [1.82, 2.24) is 15.7 Å². The summed E-state index contributed by atoms with van der Waals surface area (Å²) in [6.07, 6.45) is 13.6. The van der Waals surface area contributed by atoms with E-state index in [2.05, 4.69) is 16.7 Å². The normalized spacial score (nSPS) is 22.9. The highest BCUT2D eigenvalue weighted by molar-refractivity contribution is 6.31. The number of rotatable bonds is 9. The maximum atomic E-state index is 14.1. The minimum atomic E-state index is -0.749. The molecule has 8 nitrogen and oxygen atoms in total. The fourth-order valence-electron chi connectivity index (χ4n) is 5.65. The van der Waals surface area contributed by atoms with Gasteiger partial charge in [0.15, 0.2) is 0 Å². The van der Waals surface area contributed by atoms with Crippen molar-refractivity contribution in [2.45, 2.75) is 62.8 Å². The molecule has 0 aromatic heterocycles. The summed E-state index contributed by atoms with van der Waals surface area (Å²) in [7, 11) is 0. The van der Waals surface area contributed by atoms with Gasteiger partial charge in [0.2, 0.25) is 0 Å². The lowest BCUT2D eigenvalue weighted by Crippen LogP contribution is -2.62. The summed E-state index contributed by atoms with van der Waals surface area (Å²) >= 11 is 6.19. The lowest BCUT2D eigenvalue weighted by Gasteiger charge is -2.48. The van der Waals surface area contributed by atoms with E-state index in [1.165, 1.54) is 6.08 Å². The SMILES string of the molecule is C#C/C=C(Cl)\C=C/CC1[C@H](C(=O)NOCc2ccccc2)c2ccccc2C(=O)N1[C@H]1CCCC[C@@H]1NC(N)=O. The Bertz CT molecular complexity index is 1320. The molecule has 2 aromatic carbocycles. The Morgan fingerprint density at radius 2 is 1.85 bits per heavy atom. The fraction of sp³-hybridized carbons (Fsp3) is 0.323. The molecule has 0 spiro atoms. The molecule has 4 atom stereocenters. The third kappa shape index (κ3) is 6.92. The minimum absolute atomic E-state index is 0.188. The molecular formula is C31H33ClN4O4. The van der Waals surface area contributed by atoms with Gasteiger partial charge in [-0.1, -0.05) is 85.0 Å². The first-order valence-corrected chi connectivity index (χ1v) is 13.7. The highest BCUT2D eigenvalue weighted by atomic mass is 35.5. The van der Waals surface area contributed by atoms with Crippen LogP contribution < -0.4 is 16.5 Å². The highest BCUT2D eigenvalue weighted by Gasteiger charge is 2.47. The molecule has 2 aromatic rings. The summed E-state index contributed by atoms with van der Waals surface area (Å²) in [5.41, 5.74) is 10.1. The topological polar surface area (TPSA) is 114 Å². The van der Waals surface area contributed by atoms with Crippen LogP contribution >= 0.6 is 11.6 Å². The minimum Gasteiger partial charge on any atom is -0.352 e. The molecule has 1 heterocycles. The average molecular weight is 561 g/mol. The van der Waals surface area contributed by atoms with Crippen molar-refractivity contribution in [3.8, 4) is 12.3 Å². The molecule has 1 saturated carbocycles. The molecule has 0 radical (unpaired) electrons. The number of allylic oxidation sites excluding steroid dienone is 3. The molecule has 0 bridgehead atoms. The van der Waals surface area contributed by atoms with E-state index >= 15 is 0 Å². The van der Waals surface area contributed by atoms with Crippen LogP contribution in [0, 0.1) is 12.3 Å². The summed E-state index contributed by atoms with van der Waals surface area (Å²) in [6, 6.07) is 14.7. The van der Waals surface area contributed by atoms with Gasteiger partial charge in [0.05, 0.1) is 30.7 Å². The van der Waals surface area contributed by atoms with Crippen molar-refractivity contribution in [2.75, 3.05) is 0 Å². The number of nitrogens with zero attached hydrogens (tertiary/aromatic N) is 1. The molecule has 4 rings (SSSR count). The molecule has 9 heteroatoms. The second-order valence-corrected chi connectivity index (χ2v) is 10.3. The van der Waals surface area contributed by atoms with E-state index in [9.17, 15) is 14.4 Å². The second-order valence-electron chi connectivity index (χ2n) is 9.89. The van der Waals surface area contributed by atoms with E-state index in [0.717, 1.165) is 18.4 Å². The van der Waals surface area contributed by atoms with Crippen LogP contribution in [0.25, 0.3) is 0 Å². The standard InChI is InChI=1S/C31H33ClN4O4/c1-2-11-22(32)14-10-19-27-28(29(37)35-40-20-21-12-4-3-5-13-21)23-15-6-7-16-24(23)30(38)36(27)26-18-9-8-17-25(26)34-31(33)39/h1,3-7,10-16,25-28H,8-9,17-20H2,(H,35,37)(H3,33,34,39)/b14-10-,22-11+/t25-,26-,27?,28+/m0/s1. The Balaban J connectivity index is 1.71. The van der Waals surface area contributed by atoms with E-state index in [1.807, 2.05) is 36.4 Å². The largest absolute Gasteiger partial charge is 0.352 e. The smallest absolute Gasteiger partial charge is 0.312 e. The Morgan fingerprint density at radius 1 is 1.12 bits per heavy atom. The van der Waals surface area contributed by atoms with Gasteiger partial charge >= 0.3 is 6.03 Å². The number of benzene rings is 2. The molecule has 40 heavy (non-hydrogen) atoms. The van der Waals surface area contributed by atoms with Gasteiger partial charge in [-0.05, 0) is 42.5 Å². The summed E-state index contributed by atoms with van der Waals surface area (Å²) in [6.45, 7) is 0.188. The number of hydrogen-bond acceptors (Lipinski definition) is 4. The van der Waals surface area contributed by atoms with Gasteiger partial charge in [0.25, 0.3) is 11.8 Å². The molecule has 2 aliphatic rings. The fourth-order valence-corrected chi connectivity index (χ4v) is 5.81. The van der Waals surface area contributed by atoms with Gasteiger partial charge in [-0.25, -0.2) is 10.3 Å². The zero-order valence-electron chi connectivity index (χ0n) is 22.1. The van der Waals surface area contributed by atoms with Crippen LogP contribution in [0.4, 0.5) is 4.79 Å². The predicted molar refractivity (Wildman–Crippen MR) is 154 cm³/mol. The number of fused-ring (bicyclic) bond motifs is 1. The number of nitrogens with two attached hydrogens (primary N) is 1. The number of hydrogen-bond donors (Lipinski definition) is 3. The zero-order chi connectivity index (χ0) is 28.5. The lowest BCUT2D eigenvalue weighted by atomic mass is 9.77. The summed E-state index contributed by atoms with van der Waals surface area (Å²) in [5.74, 6) is 1.06. The number of carbonyl (C=O) groups is 3. The van der Waals surface area contributed by atoms with E-state index in [4.69, 9.17) is 28.6 Å². The molecule has 1 fully saturated rings. The number of halogens is 1. The molecule has 4 amide bonds. The third-order valence-corrected chi connectivity index (χ3v) is 7.57. The molecule has 4 N–H and O–H groups in total. The number of primary amides is 1. The number of terminal acetylenes is 1. The first kappa shape index (κ1) is 28.9. The van der Waals surface area contributed by atoms with Gasteiger partial charge in [0, 0.05) is 16.7 Å². The van der Waals surface area contributed by atoms with Gasteiger partial charge in [-0.2, -0.15) is 0 Å². The number of carbonyl (C=O) groups excluding carboxylic acids is 3. The van der Waals surface area contributed by atoms with Gasteiger partial charge in [-0.15, -0.1) is 6.42 Å². The van der Waals surface area contributed by atoms with E-state index in [-0.39, 0.29) is 30.5 Å². The van der Waals surface area contributed by atoms with Crippen molar-refractivity contribution >= 4 is 29.4 Å². The van der Waals surface area contributed by atoms with Gasteiger partial charge < -0.3 is 16.0 Å². The Labute approximate surface area is 239 Å². The predicted octanol–water partition coefficient (Wildman–Crippen LogP) is 4.52. The van der Waals surface area contributed by atoms with E-state index in [1.54, 1.807) is 35.3 Å². The molecule has 1 aliphatic carbocycles. The maximum Gasteiger partial charge on any atom is 0.312 e. The number of urea groups is 1. The lowest BCUT2D eigenvalue weighted by molar-refractivity contribution is -0.138. The Hall–Kier alpha value is -4.06. The zero-order valence-corrected chi connectivity index (χ0v) is 22.8. The van der Waals surface area contributed by atoms with Gasteiger partial charge in [0.1, 0.15) is 0 Å². The van der Waals surface area contributed by atoms with Crippen molar-refractivity contribution in [1.29, 1.82) is 0 Å². The Morgan fingerprint density at radius 3 is 2.60 bits per heavy atom. The second kappa shape index (κ2) is 13.8. The number of hydroxylamine groups is 1. The van der Waals surface area contributed by atoms with Crippen molar-refractivity contribution < 1.29 is 19.2 Å². The van der Waals surface area contributed by atoms with E-state index in [0.29, 0.717) is 35.4 Å². The molecule has 1 unspecified atom stereocenters. The van der Waals surface area contributed by atoms with Crippen LogP contribution in [-0.4, -0.2) is 40.9 Å². The highest BCUT2D eigenvalue weighted by Crippen LogP contribution is 2.39. The summed E-state index contributed by atoms with van der Waals surface area (Å²) < 4.78 is 0. The van der Waals surface area contributed by atoms with Crippen molar-refractivity contribution in [3.05, 3.63) is 94.5 Å². The van der Waals surface area contributed by atoms with Crippen LogP contribution in [0.3, 0.4) is 0 Å². The number of amides is 4. The summed E-state index contributed by atoms with van der Waals surface area (Å²) in [4.78, 5) is 47.1. The summed E-state index contributed by atoms with van der Waals surface area (Å²) in [5, 5.41) is 3.19. The van der Waals surface area contributed by atoms with Crippen LogP contribution in [0.15, 0.2) is 77.9 Å². The van der Waals surface area contributed by atoms with Gasteiger partial charge in [-0.3, -0.25) is 14.4 Å². The van der Waals surface area contributed by atoms with Crippen molar-refractivity contribution in [3.63, 3.8) is 0 Å². The molecular weight excluding hydrogens is 528 g/mol. The molecule has 0 saturated heterocycles. The first-order chi connectivity index (χ1) is 19.4. The van der Waals surface area contributed by atoms with E-state index < -0.39 is 18.0 Å².